The molecule has 1 aliphatic rings. The molecule has 2 aromatic heterocycles. The molecule has 1 aliphatic heterocycles. The van der Waals surface area contributed by atoms with Crippen LogP contribution in [0.3, 0.4) is 0 Å². The molecule has 38 heavy (non-hydrogen) atoms. The zero-order chi connectivity index (χ0) is 26.9. The number of aromatic nitrogens is 3. The molecule has 0 aliphatic carbocycles. The molecule has 5 rings (SSSR count). The number of halogens is 3. The lowest BCUT2D eigenvalue weighted by Gasteiger charge is -2.35. The standard InChI is InChI=1S/C25H25F3N6O3S/c1-17(32-24-20-6-3-7-21(25(26,27)28)23(20)30-15-31-24)14-33-8-10-34(11-9-33)38(35,36)19-5-2-4-18(12-19)22-13-29-16-37-22/h2-7,12-13,15-17H,8-11,14H2,1H3,(H,30,31,32)/t17-/m0/s1. The van der Waals surface area contributed by atoms with E-state index < -0.39 is 21.8 Å². The lowest BCUT2D eigenvalue weighted by atomic mass is 10.1. The molecule has 13 heteroatoms. The summed E-state index contributed by atoms with van der Waals surface area (Å²) in [6.45, 7) is 4.10. The molecular formula is C25H25F3N6O3S. The van der Waals surface area contributed by atoms with Crippen LogP contribution in [0.25, 0.3) is 22.2 Å². The second-order valence-corrected chi connectivity index (χ2v) is 11.0. The number of nitrogens with one attached hydrogen (secondary N) is 1. The molecule has 1 N–H and O–H groups in total. The van der Waals surface area contributed by atoms with E-state index in [1.807, 2.05) is 6.92 Å². The maximum atomic E-state index is 13.4. The third kappa shape index (κ3) is 5.35. The quantitative estimate of drug-likeness (QED) is 0.369. The number of hydrogen-bond donors (Lipinski definition) is 1. The summed E-state index contributed by atoms with van der Waals surface area (Å²) in [6, 6.07) is 10.3. The molecule has 4 aromatic rings. The number of oxazole rings is 1. The zero-order valence-electron chi connectivity index (χ0n) is 20.4. The van der Waals surface area contributed by atoms with Gasteiger partial charge in [0.15, 0.2) is 12.2 Å². The number of alkyl halides is 3. The van der Waals surface area contributed by atoms with E-state index in [1.165, 1.54) is 23.0 Å². The maximum absolute atomic E-state index is 13.4. The molecule has 1 atom stereocenters. The number of piperazine rings is 1. The number of anilines is 1. The van der Waals surface area contributed by atoms with Gasteiger partial charge < -0.3 is 9.73 Å². The summed E-state index contributed by atoms with van der Waals surface area (Å²) in [4.78, 5) is 14.2. The molecule has 1 fully saturated rings. The van der Waals surface area contributed by atoms with Crippen LogP contribution >= 0.6 is 0 Å². The highest BCUT2D eigenvalue weighted by Gasteiger charge is 2.34. The van der Waals surface area contributed by atoms with Gasteiger partial charge in [0.05, 0.1) is 22.2 Å². The van der Waals surface area contributed by atoms with Gasteiger partial charge in [-0.05, 0) is 31.2 Å². The minimum atomic E-state index is -4.52. The van der Waals surface area contributed by atoms with Gasteiger partial charge in [0.2, 0.25) is 10.0 Å². The summed E-state index contributed by atoms with van der Waals surface area (Å²) in [6.07, 6.45) is -0.584. The van der Waals surface area contributed by atoms with E-state index in [0.717, 1.165) is 12.4 Å². The Kier molecular flexibility index (Phi) is 7.07. The topological polar surface area (TPSA) is 104 Å². The van der Waals surface area contributed by atoms with Gasteiger partial charge in [-0.2, -0.15) is 17.5 Å². The van der Waals surface area contributed by atoms with Crippen LogP contribution in [-0.4, -0.2) is 71.3 Å². The van der Waals surface area contributed by atoms with Crippen molar-refractivity contribution in [1.82, 2.24) is 24.2 Å². The van der Waals surface area contributed by atoms with E-state index in [2.05, 4.69) is 25.2 Å². The Labute approximate surface area is 217 Å². The van der Waals surface area contributed by atoms with Crippen LogP contribution in [0.4, 0.5) is 19.0 Å². The highest BCUT2D eigenvalue weighted by molar-refractivity contribution is 7.89. The van der Waals surface area contributed by atoms with Crippen LogP contribution in [0.1, 0.15) is 12.5 Å². The summed E-state index contributed by atoms with van der Waals surface area (Å²) in [5.74, 6) is 0.806. The second-order valence-electron chi connectivity index (χ2n) is 9.07. The molecule has 0 bridgehead atoms. The fourth-order valence-corrected chi connectivity index (χ4v) is 6.04. The Morgan fingerprint density at radius 1 is 1.08 bits per heavy atom. The number of sulfonamides is 1. The molecule has 0 saturated carbocycles. The van der Waals surface area contributed by atoms with Crippen LogP contribution in [-0.2, 0) is 16.2 Å². The minimum Gasteiger partial charge on any atom is -0.444 e. The molecule has 0 spiro atoms. The van der Waals surface area contributed by atoms with Crippen molar-refractivity contribution in [3.63, 3.8) is 0 Å². The smallest absolute Gasteiger partial charge is 0.418 e. The third-order valence-corrected chi connectivity index (χ3v) is 8.30. The van der Waals surface area contributed by atoms with E-state index in [1.54, 1.807) is 30.3 Å². The fourth-order valence-electron chi connectivity index (χ4n) is 4.57. The molecule has 0 unspecified atom stereocenters. The van der Waals surface area contributed by atoms with Gasteiger partial charge >= 0.3 is 6.18 Å². The van der Waals surface area contributed by atoms with Gasteiger partial charge in [-0.1, -0.05) is 18.2 Å². The van der Waals surface area contributed by atoms with Gasteiger partial charge in [-0.15, -0.1) is 0 Å². The van der Waals surface area contributed by atoms with Gasteiger partial charge in [0.1, 0.15) is 12.1 Å². The largest absolute Gasteiger partial charge is 0.444 e. The van der Waals surface area contributed by atoms with Crippen molar-refractivity contribution in [3.8, 4) is 11.3 Å². The lowest BCUT2D eigenvalue weighted by molar-refractivity contribution is -0.136. The van der Waals surface area contributed by atoms with Crippen molar-refractivity contribution in [1.29, 1.82) is 0 Å². The molecule has 1 saturated heterocycles. The van der Waals surface area contributed by atoms with Crippen LogP contribution in [0.5, 0.6) is 0 Å². The first-order valence-electron chi connectivity index (χ1n) is 11.9. The van der Waals surface area contributed by atoms with Crippen LogP contribution < -0.4 is 5.32 Å². The number of rotatable bonds is 7. The predicted molar refractivity (Wildman–Crippen MR) is 135 cm³/mol. The van der Waals surface area contributed by atoms with E-state index in [-0.39, 0.29) is 21.8 Å². The van der Waals surface area contributed by atoms with Crippen LogP contribution in [0, 0.1) is 0 Å². The monoisotopic (exact) mass is 546 g/mol. The Hall–Kier alpha value is -3.55. The van der Waals surface area contributed by atoms with Crippen molar-refractivity contribution >= 4 is 26.7 Å². The van der Waals surface area contributed by atoms with E-state index in [0.29, 0.717) is 49.9 Å². The SMILES string of the molecule is C[C@@H](CN1CCN(S(=O)(=O)c2cccc(-c3cnco3)c2)CC1)Nc1ncnc2c(C(F)(F)F)cccc12. The number of benzene rings is 2. The average Bonchev–Trinajstić information content (AvgIpc) is 3.44. The minimum absolute atomic E-state index is 0.157. The first-order valence-corrected chi connectivity index (χ1v) is 13.4. The van der Waals surface area contributed by atoms with Crippen molar-refractivity contribution in [2.75, 3.05) is 38.0 Å². The lowest BCUT2D eigenvalue weighted by Crippen LogP contribution is -2.50. The summed E-state index contributed by atoms with van der Waals surface area (Å²) in [5, 5.41) is 3.48. The highest BCUT2D eigenvalue weighted by Crippen LogP contribution is 2.35. The van der Waals surface area contributed by atoms with Gasteiger partial charge in [0, 0.05) is 49.7 Å². The first kappa shape index (κ1) is 26.1. The summed E-state index contributed by atoms with van der Waals surface area (Å²) in [7, 11) is -3.70. The van der Waals surface area contributed by atoms with Crippen molar-refractivity contribution in [2.24, 2.45) is 0 Å². The molecule has 200 valence electrons. The highest BCUT2D eigenvalue weighted by atomic mass is 32.2. The molecule has 2 aromatic carbocycles. The van der Waals surface area contributed by atoms with E-state index in [9.17, 15) is 21.6 Å². The molecule has 0 radical (unpaired) electrons. The van der Waals surface area contributed by atoms with Crippen molar-refractivity contribution in [3.05, 3.63) is 66.9 Å². The number of para-hydroxylation sites is 1. The van der Waals surface area contributed by atoms with Crippen molar-refractivity contribution < 1.29 is 26.0 Å². The molecule has 0 amide bonds. The Balaban J connectivity index is 1.22. The van der Waals surface area contributed by atoms with E-state index in [4.69, 9.17) is 4.42 Å². The van der Waals surface area contributed by atoms with Gasteiger partial charge in [-0.3, -0.25) is 4.90 Å². The summed E-state index contributed by atoms with van der Waals surface area (Å²) < 4.78 is 73.4. The Morgan fingerprint density at radius 2 is 1.84 bits per heavy atom. The molecule has 9 nitrogen and oxygen atoms in total. The number of nitrogens with zero attached hydrogens (tertiary/aromatic N) is 5. The zero-order valence-corrected chi connectivity index (χ0v) is 21.2. The number of fused-ring (bicyclic) bond motifs is 1. The summed E-state index contributed by atoms with van der Waals surface area (Å²) in [5.41, 5.74) is -0.339. The Morgan fingerprint density at radius 3 is 2.55 bits per heavy atom. The van der Waals surface area contributed by atoms with Gasteiger partial charge in [-0.25, -0.2) is 23.4 Å². The first-order chi connectivity index (χ1) is 18.1. The number of hydrogen-bond acceptors (Lipinski definition) is 8. The Bertz CT molecular complexity index is 1520. The average molecular weight is 547 g/mol. The fraction of sp³-hybridized carbons (Fsp3) is 0.320. The van der Waals surface area contributed by atoms with Crippen molar-refractivity contribution in [2.45, 2.75) is 24.0 Å². The van der Waals surface area contributed by atoms with Gasteiger partial charge in [0.25, 0.3) is 0 Å². The van der Waals surface area contributed by atoms with Crippen LogP contribution in [0.2, 0.25) is 0 Å². The predicted octanol–water partition coefficient (Wildman–Crippen LogP) is 4.11. The normalized spacial score (nSPS) is 16.5. The second kappa shape index (κ2) is 10.3. The van der Waals surface area contributed by atoms with E-state index >= 15 is 0 Å². The molecular weight excluding hydrogens is 521 g/mol. The molecule has 3 heterocycles. The maximum Gasteiger partial charge on any atom is 0.418 e. The summed E-state index contributed by atoms with van der Waals surface area (Å²) >= 11 is 0. The van der Waals surface area contributed by atoms with Crippen LogP contribution in [0.15, 0.2) is 70.7 Å². The third-order valence-electron chi connectivity index (χ3n) is 6.41.